The Balaban J connectivity index is 1.25. The van der Waals surface area contributed by atoms with Gasteiger partial charge in [-0.15, -0.1) is 11.3 Å². The van der Waals surface area contributed by atoms with E-state index in [0.29, 0.717) is 25.9 Å². The molecule has 0 spiro atoms. The van der Waals surface area contributed by atoms with E-state index in [2.05, 4.69) is 34.7 Å². The van der Waals surface area contributed by atoms with Gasteiger partial charge in [0.2, 0.25) is 23.6 Å². The monoisotopic (exact) mass is 761 g/mol. The number of aromatic nitrogens is 1. The zero-order valence-corrected chi connectivity index (χ0v) is 33.5. The molecule has 5 atom stereocenters. The normalized spacial score (nSPS) is 17.5. The molecular weight excluding hydrogens is 703 g/mol. The van der Waals surface area contributed by atoms with Crippen LogP contribution in [0.3, 0.4) is 0 Å². The lowest BCUT2D eigenvalue weighted by molar-refractivity contribution is -0.144. The van der Waals surface area contributed by atoms with E-state index >= 15 is 0 Å². The fraction of sp³-hybridized carbons (Fsp3) is 0.548. The zero-order valence-electron chi connectivity index (χ0n) is 32.7. The van der Waals surface area contributed by atoms with E-state index in [9.17, 15) is 24.3 Å². The van der Waals surface area contributed by atoms with Crippen LogP contribution in [-0.2, 0) is 43.5 Å². The number of unbranched alkanes of at least 4 members (excludes halogenated alkanes) is 2. The molecule has 4 amide bonds. The Morgan fingerprint density at radius 2 is 1.72 bits per heavy atom. The van der Waals surface area contributed by atoms with Crippen LogP contribution in [0.1, 0.15) is 102 Å². The molecule has 1 aliphatic rings. The maximum absolute atomic E-state index is 14.0. The molecule has 1 aliphatic heterocycles. The number of carbonyl (C=O) groups excluding carboxylic acids is 4. The van der Waals surface area contributed by atoms with Gasteiger partial charge in [-0.05, 0) is 73.1 Å². The predicted molar refractivity (Wildman–Crippen MR) is 212 cm³/mol. The summed E-state index contributed by atoms with van der Waals surface area (Å²) < 4.78 is 6.14. The summed E-state index contributed by atoms with van der Waals surface area (Å²) in [6, 6.07) is 14.4. The van der Waals surface area contributed by atoms with Gasteiger partial charge in [0, 0.05) is 32.4 Å². The molecule has 2 heterocycles. The molecule has 54 heavy (non-hydrogen) atoms. The van der Waals surface area contributed by atoms with E-state index in [0.717, 1.165) is 46.5 Å². The van der Waals surface area contributed by atoms with Gasteiger partial charge in [0.1, 0.15) is 12.1 Å². The van der Waals surface area contributed by atoms with Gasteiger partial charge < -0.3 is 31.1 Å². The average molecular weight is 762 g/mol. The number of hydrogen-bond acceptors (Lipinski definition) is 8. The van der Waals surface area contributed by atoms with Crippen molar-refractivity contribution in [1.29, 1.82) is 0 Å². The Hall–Kier alpha value is -4.13. The number of benzene rings is 2. The number of amides is 4. The number of ether oxygens (including phenoxy) is 1. The number of rotatable bonds is 19. The molecule has 294 valence electrons. The Labute approximate surface area is 324 Å². The molecule has 3 aromatic rings. The van der Waals surface area contributed by atoms with E-state index in [1.54, 1.807) is 11.3 Å². The Morgan fingerprint density at radius 3 is 2.37 bits per heavy atom. The number of aliphatic hydroxyl groups excluding tert-OH is 1. The summed E-state index contributed by atoms with van der Waals surface area (Å²) in [7, 11) is 0. The Bertz CT molecular complexity index is 1700. The van der Waals surface area contributed by atoms with Gasteiger partial charge in [0.05, 0.1) is 34.9 Å². The van der Waals surface area contributed by atoms with Crippen molar-refractivity contribution in [2.24, 2.45) is 17.1 Å². The van der Waals surface area contributed by atoms with Crippen molar-refractivity contribution >= 4 is 35.0 Å². The van der Waals surface area contributed by atoms with Crippen molar-refractivity contribution < 1.29 is 29.0 Å². The molecule has 11 nitrogen and oxygen atoms in total. The Morgan fingerprint density at radius 1 is 1.02 bits per heavy atom. The summed E-state index contributed by atoms with van der Waals surface area (Å²) in [5.41, 5.74) is 11.8. The molecule has 1 aromatic heterocycles. The summed E-state index contributed by atoms with van der Waals surface area (Å²) in [6.45, 7) is 12.5. The van der Waals surface area contributed by atoms with E-state index in [1.165, 1.54) is 10.5 Å². The molecular formula is C42H59N5O6S. The third kappa shape index (κ3) is 12.5. The highest BCUT2D eigenvalue weighted by atomic mass is 32.1. The first-order valence-electron chi connectivity index (χ1n) is 19.2. The second-order valence-electron chi connectivity index (χ2n) is 15.8. The highest BCUT2D eigenvalue weighted by Gasteiger charge is 2.44. The van der Waals surface area contributed by atoms with Crippen molar-refractivity contribution in [1.82, 2.24) is 20.5 Å². The minimum atomic E-state index is -0.860. The number of thiazole rings is 1. The lowest BCUT2D eigenvalue weighted by Gasteiger charge is -2.35. The molecule has 12 heteroatoms. The minimum absolute atomic E-state index is 0.00763. The van der Waals surface area contributed by atoms with Gasteiger partial charge in [0.25, 0.3) is 0 Å². The topological polar surface area (TPSA) is 164 Å². The number of nitrogens with zero attached hydrogens (tertiary/aromatic N) is 2. The van der Waals surface area contributed by atoms with Gasteiger partial charge in [-0.2, -0.15) is 0 Å². The van der Waals surface area contributed by atoms with Crippen molar-refractivity contribution in [3.05, 3.63) is 76.4 Å². The van der Waals surface area contributed by atoms with E-state index < -0.39 is 23.6 Å². The molecule has 0 radical (unpaired) electrons. The van der Waals surface area contributed by atoms with E-state index in [1.807, 2.05) is 76.5 Å². The van der Waals surface area contributed by atoms with Crippen LogP contribution in [0.25, 0.3) is 10.4 Å². The summed E-state index contributed by atoms with van der Waals surface area (Å²) in [6.07, 6.45) is 3.88. The fourth-order valence-electron chi connectivity index (χ4n) is 6.72. The van der Waals surface area contributed by atoms with Gasteiger partial charge in [-0.1, -0.05) is 82.6 Å². The molecule has 0 saturated carbocycles. The zero-order chi connectivity index (χ0) is 39.4. The molecule has 0 bridgehead atoms. The fourth-order valence-corrected chi connectivity index (χ4v) is 7.54. The first-order chi connectivity index (χ1) is 25.6. The molecule has 0 unspecified atom stereocenters. The molecule has 2 aromatic carbocycles. The number of nitrogens with two attached hydrogens (primary N) is 1. The quantitative estimate of drug-likeness (QED) is 0.112. The third-order valence-electron chi connectivity index (χ3n) is 10.3. The molecule has 4 rings (SSSR count). The smallest absolute Gasteiger partial charge is 0.246 e. The lowest BCUT2D eigenvalue weighted by Crippen LogP contribution is -2.57. The second kappa shape index (κ2) is 20.0. The maximum atomic E-state index is 14.0. The lowest BCUT2D eigenvalue weighted by atomic mass is 9.85. The van der Waals surface area contributed by atoms with Crippen LogP contribution in [0.5, 0.6) is 0 Å². The van der Waals surface area contributed by atoms with Crippen LogP contribution in [-0.4, -0.2) is 69.5 Å². The van der Waals surface area contributed by atoms with Crippen molar-refractivity contribution in [3.8, 4) is 10.4 Å². The molecule has 1 fully saturated rings. The first-order valence-corrected chi connectivity index (χ1v) is 20.0. The molecule has 1 saturated heterocycles. The van der Waals surface area contributed by atoms with Crippen LogP contribution in [0.4, 0.5) is 0 Å². The standard InChI is InChI=1S/C42H59N5O6S/c1-27(16-21-36(43)49)29(3)53-25-33-14-11-10-13-31(33)12-8-7-9-15-37(50)46-39(42(4,5)6)41(52)47-24-34(48)22-35(47)40(51)44-23-30-17-19-32(20-18-30)38-28(2)45-26-54-38/h10-11,13-14,17-20,26-27,29,34-35,39,48H,7-9,12,15-16,21-25H2,1-6H3,(H2,43,49)(H,44,51)(H,46,50)/t27-,29+,34+,35-,39+/m0/s1. The van der Waals surface area contributed by atoms with Crippen LogP contribution in [0.2, 0.25) is 0 Å². The van der Waals surface area contributed by atoms with Crippen LogP contribution >= 0.6 is 11.3 Å². The number of nitrogens with one attached hydrogen (secondary N) is 2. The highest BCUT2D eigenvalue weighted by molar-refractivity contribution is 7.13. The van der Waals surface area contributed by atoms with E-state index in [4.69, 9.17) is 10.5 Å². The number of primary amides is 1. The Kier molecular flexibility index (Phi) is 15.8. The van der Waals surface area contributed by atoms with Crippen molar-refractivity contribution in [2.75, 3.05) is 6.54 Å². The van der Waals surface area contributed by atoms with Crippen LogP contribution < -0.4 is 16.4 Å². The van der Waals surface area contributed by atoms with Gasteiger partial charge in [0.15, 0.2) is 0 Å². The largest absolute Gasteiger partial charge is 0.391 e. The average Bonchev–Trinajstić information content (AvgIpc) is 3.75. The maximum Gasteiger partial charge on any atom is 0.246 e. The number of hydrogen-bond donors (Lipinski definition) is 4. The first kappa shape index (κ1) is 42.6. The summed E-state index contributed by atoms with van der Waals surface area (Å²) in [5.74, 6) is -0.999. The number of aryl methyl sites for hydroxylation is 2. The van der Waals surface area contributed by atoms with Crippen molar-refractivity contribution in [2.45, 2.75) is 130 Å². The molecule has 0 aliphatic carbocycles. The SMILES string of the molecule is Cc1ncsc1-c1ccc(CNC(=O)[C@@H]2C[C@@H](O)CN2C(=O)[C@@H](NC(=O)CCCCCc2ccccc2CO[C@H](C)[C@@H](C)CCC(N)=O)C(C)(C)C)cc1. The van der Waals surface area contributed by atoms with Gasteiger partial charge >= 0.3 is 0 Å². The van der Waals surface area contributed by atoms with Crippen molar-refractivity contribution in [3.63, 3.8) is 0 Å². The third-order valence-corrected chi connectivity index (χ3v) is 11.3. The predicted octanol–water partition coefficient (Wildman–Crippen LogP) is 5.84. The number of likely N-dealkylation sites (tertiary alicyclic amines) is 1. The van der Waals surface area contributed by atoms with Crippen LogP contribution in [0, 0.1) is 18.3 Å². The number of carbonyl (C=O) groups is 4. The number of β-amino-alcohol motifs (C(OH)–C–C–N with tert-alkyl or cyclic N) is 1. The second-order valence-corrected chi connectivity index (χ2v) is 16.6. The number of aliphatic hydroxyl groups is 1. The summed E-state index contributed by atoms with van der Waals surface area (Å²) >= 11 is 1.58. The minimum Gasteiger partial charge on any atom is -0.391 e. The summed E-state index contributed by atoms with van der Waals surface area (Å²) in [5, 5.41) is 16.5. The van der Waals surface area contributed by atoms with Crippen LogP contribution in [0.15, 0.2) is 54.0 Å². The van der Waals surface area contributed by atoms with E-state index in [-0.39, 0.29) is 61.6 Å². The van der Waals surface area contributed by atoms with Gasteiger partial charge in [-0.3, -0.25) is 19.2 Å². The molecule has 5 N–H and O–H groups in total. The highest BCUT2D eigenvalue weighted by Crippen LogP contribution is 2.29. The summed E-state index contributed by atoms with van der Waals surface area (Å²) in [4.78, 5) is 58.6. The van der Waals surface area contributed by atoms with Gasteiger partial charge in [-0.25, -0.2) is 4.98 Å².